The van der Waals surface area contributed by atoms with Gasteiger partial charge >= 0.3 is 0 Å². The number of hydrogen-bond donors (Lipinski definition) is 2. The Morgan fingerprint density at radius 1 is 1.50 bits per heavy atom. The molecule has 12 heavy (non-hydrogen) atoms. The highest BCUT2D eigenvalue weighted by Gasteiger charge is 2.04. The number of nitrogens with one attached hydrogen (secondary N) is 1. The molecule has 74 valence electrons. The SMILES string of the molecule is COCC(O)CCNCC(F)F. The second-order valence-electron chi connectivity index (χ2n) is 2.49. The predicted molar refractivity (Wildman–Crippen MR) is 41.4 cm³/mol. The number of alkyl halides is 2. The van der Waals surface area contributed by atoms with Crippen LogP contribution in [0, 0.1) is 0 Å². The third kappa shape index (κ3) is 7.84. The fourth-order valence-corrected chi connectivity index (χ4v) is 0.756. The van der Waals surface area contributed by atoms with Crippen molar-refractivity contribution in [3.63, 3.8) is 0 Å². The molecule has 0 aromatic carbocycles. The molecule has 0 rings (SSSR count). The number of hydrogen-bond acceptors (Lipinski definition) is 3. The molecule has 3 nitrogen and oxygen atoms in total. The summed E-state index contributed by atoms with van der Waals surface area (Å²) in [6, 6.07) is 0. The lowest BCUT2D eigenvalue weighted by molar-refractivity contribution is 0.0582. The number of aliphatic hydroxyl groups excluding tert-OH is 1. The molecule has 5 heteroatoms. The third-order valence-electron chi connectivity index (χ3n) is 1.31. The minimum atomic E-state index is -2.33. The number of rotatable bonds is 7. The molecule has 0 aromatic heterocycles. The molecule has 0 radical (unpaired) electrons. The highest BCUT2D eigenvalue weighted by molar-refractivity contribution is 4.57. The van der Waals surface area contributed by atoms with Crippen LogP contribution in [0.25, 0.3) is 0 Å². The molecule has 0 bridgehead atoms. The molecule has 0 fully saturated rings. The van der Waals surface area contributed by atoms with Gasteiger partial charge in [0.05, 0.1) is 19.3 Å². The van der Waals surface area contributed by atoms with Gasteiger partial charge in [-0.3, -0.25) is 0 Å². The summed E-state index contributed by atoms with van der Waals surface area (Å²) in [7, 11) is 1.48. The summed E-state index contributed by atoms with van der Waals surface area (Å²) >= 11 is 0. The molecule has 0 aliphatic heterocycles. The van der Waals surface area contributed by atoms with Crippen LogP contribution in [0.2, 0.25) is 0 Å². The van der Waals surface area contributed by atoms with Crippen molar-refractivity contribution in [2.24, 2.45) is 0 Å². The van der Waals surface area contributed by atoms with E-state index in [0.29, 0.717) is 13.0 Å². The van der Waals surface area contributed by atoms with E-state index in [9.17, 15) is 8.78 Å². The van der Waals surface area contributed by atoms with Crippen LogP contribution in [0.15, 0.2) is 0 Å². The summed E-state index contributed by atoms with van der Waals surface area (Å²) in [5.74, 6) is 0. The smallest absolute Gasteiger partial charge is 0.250 e. The topological polar surface area (TPSA) is 41.5 Å². The Kier molecular flexibility index (Phi) is 7.23. The largest absolute Gasteiger partial charge is 0.391 e. The van der Waals surface area contributed by atoms with Crippen molar-refractivity contribution in [3.8, 4) is 0 Å². The third-order valence-corrected chi connectivity index (χ3v) is 1.31. The van der Waals surface area contributed by atoms with Gasteiger partial charge in [-0.05, 0) is 13.0 Å². The average Bonchev–Trinajstić information content (AvgIpc) is 1.98. The van der Waals surface area contributed by atoms with Gasteiger partial charge in [0.2, 0.25) is 0 Å². The van der Waals surface area contributed by atoms with E-state index in [2.05, 4.69) is 10.1 Å². The minimum Gasteiger partial charge on any atom is -0.391 e. The monoisotopic (exact) mass is 183 g/mol. The lowest BCUT2D eigenvalue weighted by Crippen LogP contribution is -2.26. The number of aliphatic hydroxyl groups is 1. The second-order valence-corrected chi connectivity index (χ2v) is 2.49. The zero-order valence-corrected chi connectivity index (χ0v) is 7.09. The van der Waals surface area contributed by atoms with E-state index in [0.717, 1.165) is 0 Å². The maximum atomic E-state index is 11.6. The van der Waals surface area contributed by atoms with Crippen LogP contribution in [0.1, 0.15) is 6.42 Å². The van der Waals surface area contributed by atoms with Gasteiger partial charge in [-0.2, -0.15) is 0 Å². The molecule has 0 saturated carbocycles. The van der Waals surface area contributed by atoms with Gasteiger partial charge in [-0.25, -0.2) is 8.78 Å². The zero-order valence-electron chi connectivity index (χ0n) is 7.09. The molecular weight excluding hydrogens is 168 g/mol. The maximum absolute atomic E-state index is 11.6. The summed E-state index contributed by atoms with van der Waals surface area (Å²) in [5, 5.41) is 11.6. The summed E-state index contributed by atoms with van der Waals surface area (Å²) < 4.78 is 27.8. The maximum Gasteiger partial charge on any atom is 0.250 e. The molecular formula is C7H15F2NO2. The van der Waals surface area contributed by atoms with Crippen LogP contribution >= 0.6 is 0 Å². The van der Waals surface area contributed by atoms with Crippen molar-refractivity contribution in [1.29, 1.82) is 0 Å². The van der Waals surface area contributed by atoms with Crippen molar-refractivity contribution < 1.29 is 18.6 Å². The molecule has 0 spiro atoms. The van der Waals surface area contributed by atoms with Gasteiger partial charge in [-0.15, -0.1) is 0 Å². The summed E-state index contributed by atoms with van der Waals surface area (Å²) in [6.07, 6.45) is -2.47. The molecule has 0 aromatic rings. The average molecular weight is 183 g/mol. The number of halogens is 2. The van der Waals surface area contributed by atoms with Crippen molar-refractivity contribution in [2.45, 2.75) is 19.0 Å². The Balaban J connectivity index is 3.08. The first-order valence-corrected chi connectivity index (χ1v) is 3.82. The molecule has 2 N–H and O–H groups in total. The predicted octanol–water partition coefficient (Wildman–Crippen LogP) is 0.238. The van der Waals surface area contributed by atoms with Gasteiger partial charge in [0.1, 0.15) is 0 Å². The molecule has 1 atom stereocenters. The fraction of sp³-hybridized carbons (Fsp3) is 1.00. The highest BCUT2D eigenvalue weighted by atomic mass is 19.3. The Morgan fingerprint density at radius 2 is 2.17 bits per heavy atom. The molecule has 0 amide bonds. The van der Waals surface area contributed by atoms with E-state index in [-0.39, 0.29) is 13.2 Å². The van der Waals surface area contributed by atoms with E-state index in [1.165, 1.54) is 7.11 Å². The Hall–Kier alpha value is -0.260. The summed E-state index contributed by atoms with van der Waals surface area (Å²) in [4.78, 5) is 0. The van der Waals surface area contributed by atoms with Crippen molar-refractivity contribution in [1.82, 2.24) is 5.32 Å². The summed E-state index contributed by atoms with van der Waals surface area (Å²) in [6.45, 7) is 0.310. The van der Waals surface area contributed by atoms with Crippen LogP contribution in [0.3, 0.4) is 0 Å². The van der Waals surface area contributed by atoms with Gasteiger partial charge < -0.3 is 15.2 Å². The molecule has 0 aliphatic rings. The van der Waals surface area contributed by atoms with Crippen LogP contribution in [-0.4, -0.2) is 44.4 Å². The Labute approximate surface area is 70.7 Å². The lowest BCUT2D eigenvalue weighted by Gasteiger charge is -2.09. The van der Waals surface area contributed by atoms with Gasteiger partial charge in [-0.1, -0.05) is 0 Å². The van der Waals surface area contributed by atoms with E-state index < -0.39 is 12.5 Å². The van der Waals surface area contributed by atoms with Crippen LogP contribution in [-0.2, 0) is 4.74 Å². The Bertz CT molecular complexity index is 103. The van der Waals surface area contributed by atoms with E-state index in [4.69, 9.17) is 5.11 Å². The number of ether oxygens (including phenoxy) is 1. The van der Waals surface area contributed by atoms with Crippen LogP contribution in [0.4, 0.5) is 8.78 Å². The first-order valence-electron chi connectivity index (χ1n) is 3.82. The second kappa shape index (κ2) is 7.39. The van der Waals surface area contributed by atoms with Crippen LogP contribution < -0.4 is 5.32 Å². The molecule has 0 saturated heterocycles. The minimum absolute atomic E-state index is 0.246. The quantitative estimate of drug-likeness (QED) is 0.555. The van der Waals surface area contributed by atoms with Crippen molar-refractivity contribution >= 4 is 0 Å². The van der Waals surface area contributed by atoms with Crippen molar-refractivity contribution in [2.75, 3.05) is 26.8 Å². The normalized spacial score (nSPS) is 13.8. The Morgan fingerprint density at radius 3 is 2.67 bits per heavy atom. The van der Waals surface area contributed by atoms with Gasteiger partial charge in [0.25, 0.3) is 6.43 Å². The lowest BCUT2D eigenvalue weighted by atomic mass is 10.3. The first-order chi connectivity index (χ1) is 5.66. The molecule has 0 aliphatic carbocycles. The standard InChI is InChI=1S/C7H15F2NO2/c1-12-5-6(11)2-3-10-4-7(8)9/h6-7,10-11H,2-5H2,1H3. The van der Waals surface area contributed by atoms with Crippen molar-refractivity contribution in [3.05, 3.63) is 0 Å². The van der Waals surface area contributed by atoms with E-state index >= 15 is 0 Å². The fourth-order valence-electron chi connectivity index (χ4n) is 0.756. The van der Waals surface area contributed by atoms with Gasteiger partial charge in [0.15, 0.2) is 0 Å². The molecule has 0 heterocycles. The zero-order chi connectivity index (χ0) is 9.40. The van der Waals surface area contributed by atoms with Gasteiger partial charge in [0, 0.05) is 7.11 Å². The molecule has 1 unspecified atom stereocenters. The number of methoxy groups -OCH3 is 1. The highest BCUT2D eigenvalue weighted by Crippen LogP contribution is 1.91. The van der Waals surface area contributed by atoms with E-state index in [1.54, 1.807) is 0 Å². The summed E-state index contributed by atoms with van der Waals surface area (Å²) in [5.41, 5.74) is 0. The van der Waals surface area contributed by atoms with E-state index in [1.807, 2.05) is 0 Å². The first kappa shape index (κ1) is 11.7. The van der Waals surface area contributed by atoms with Crippen LogP contribution in [0.5, 0.6) is 0 Å².